The molecule has 3 heteroatoms. The van der Waals surface area contributed by atoms with Crippen molar-refractivity contribution in [2.75, 3.05) is 0 Å². The molecule has 0 amide bonds. The van der Waals surface area contributed by atoms with Crippen LogP contribution in [0.15, 0.2) is 67.0 Å². The van der Waals surface area contributed by atoms with Crippen LogP contribution < -0.4 is 0 Å². The van der Waals surface area contributed by atoms with Gasteiger partial charge in [-0.2, -0.15) is 0 Å². The van der Waals surface area contributed by atoms with E-state index in [-0.39, 0.29) is 5.75 Å². The highest BCUT2D eigenvalue weighted by Crippen LogP contribution is 2.23. The van der Waals surface area contributed by atoms with Crippen LogP contribution in [0.2, 0.25) is 0 Å². The number of rotatable bonds is 2. The second-order valence-corrected chi connectivity index (χ2v) is 4.19. The molecule has 92 valence electrons. The van der Waals surface area contributed by atoms with E-state index in [1.807, 2.05) is 48.7 Å². The maximum Gasteiger partial charge on any atom is 0.115 e. The number of hydrogen-bond donors (Lipinski definition) is 1. The van der Waals surface area contributed by atoms with Gasteiger partial charge in [0.25, 0.3) is 0 Å². The van der Waals surface area contributed by atoms with Gasteiger partial charge < -0.3 is 5.11 Å². The van der Waals surface area contributed by atoms with Crippen molar-refractivity contribution >= 4 is 0 Å². The zero-order valence-corrected chi connectivity index (χ0v) is 10.2. The molecule has 1 N–H and O–H groups in total. The van der Waals surface area contributed by atoms with E-state index in [4.69, 9.17) is 0 Å². The molecule has 1 aromatic carbocycles. The quantitative estimate of drug-likeness (QED) is 0.754. The molecule has 0 saturated heterocycles. The van der Waals surface area contributed by atoms with Crippen molar-refractivity contribution in [3.63, 3.8) is 0 Å². The molecule has 2 aromatic heterocycles. The molecule has 0 bridgehead atoms. The molecule has 3 rings (SSSR count). The number of nitrogens with zero attached hydrogens (tertiary/aromatic N) is 2. The van der Waals surface area contributed by atoms with Gasteiger partial charge >= 0.3 is 0 Å². The third kappa shape index (κ3) is 2.45. The lowest BCUT2D eigenvalue weighted by molar-refractivity contribution is 0.475. The van der Waals surface area contributed by atoms with Crippen molar-refractivity contribution in [2.24, 2.45) is 0 Å². The Hall–Kier alpha value is -2.68. The predicted molar refractivity (Wildman–Crippen MR) is 74.6 cm³/mol. The SMILES string of the molecule is Oc1ccc(-c2ccc(-c3ccccn3)nc2)cc1. The van der Waals surface area contributed by atoms with Gasteiger partial charge in [0.2, 0.25) is 0 Å². The zero-order chi connectivity index (χ0) is 13.1. The highest BCUT2D eigenvalue weighted by molar-refractivity contribution is 5.65. The van der Waals surface area contributed by atoms with E-state index in [9.17, 15) is 5.11 Å². The number of hydrogen-bond acceptors (Lipinski definition) is 3. The first-order valence-electron chi connectivity index (χ1n) is 6.00. The van der Waals surface area contributed by atoms with Crippen molar-refractivity contribution in [2.45, 2.75) is 0 Å². The van der Waals surface area contributed by atoms with Gasteiger partial charge in [-0.1, -0.05) is 24.3 Å². The summed E-state index contributed by atoms with van der Waals surface area (Å²) in [4.78, 5) is 8.69. The van der Waals surface area contributed by atoms with E-state index < -0.39 is 0 Å². The monoisotopic (exact) mass is 248 g/mol. The summed E-state index contributed by atoms with van der Waals surface area (Å²) in [5, 5.41) is 9.27. The molecule has 0 unspecified atom stereocenters. The van der Waals surface area contributed by atoms with Crippen LogP contribution >= 0.6 is 0 Å². The minimum absolute atomic E-state index is 0.266. The maximum atomic E-state index is 9.27. The van der Waals surface area contributed by atoms with Gasteiger partial charge in [0.05, 0.1) is 11.4 Å². The summed E-state index contributed by atoms with van der Waals surface area (Å²) < 4.78 is 0. The largest absolute Gasteiger partial charge is 0.508 e. The second-order valence-electron chi connectivity index (χ2n) is 4.19. The summed E-state index contributed by atoms with van der Waals surface area (Å²) in [5.41, 5.74) is 3.75. The highest BCUT2D eigenvalue weighted by atomic mass is 16.3. The molecule has 19 heavy (non-hydrogen) atoms. The Bertz CT molecular complexity index is 661. The van der Waals surface area contributed by atoms with E-state index in [0.717, 1.165) is 22.5 Å². The van der Waals surface area contributed by atoms with Crippen LogP contribution in [0.1, 0.15) is 0 Å². The lowest BCUT2D eigenvalue weighted by atomic mass is 10.1. The average molecular weight is 248 g/mol. The Labute approximate surface area is 111 Å². The fraction of sp³-hybridized carbons (Fsp3) is 0. The summed E-state index contributed by atoms with van der Waals surface area (Å²) in [7, 11) is 0. The summed E-state index contributed by atoms with van der Waals surface area (Å²) in [6, 6.07) is 16.8. The first kappa shape index (κ1) is 11.4. The van der Waals surface area contributed by atoms with Crippen molar-refractivity contribution in [3.05, 3.63) is 67.0 Å². The number of phenols is 1. The third-order valence-corrected chi connectivity index (χ3v) is 2.89. The van der Waals surface area contributed by atoms with Gasteiger partial charge in [-0.05, 0) is 35.9 Å². The van der Waals surface area contributed by atoms with E-state index in [2.05, 4.69) is 9.97 Å². The van der Waals surface area contributed by atoms with Gasteiger partial charge in [-0.3, -0.25) is 9.97 Å². The first-order valence-corrected chi connectivity index (χ1v) is 6.00. The van der Waals surface area contributed by atoms with Crippen molar-refractivity contribution in [3.8, 4) is 28.3 Å². The molecular formula is C16H12N2O. The molecule has 0 aliphatic rings. The lowest BCUT2D eigenvalue weighted by Crippen LogP contribution is -1.87. The molecule has 0 aliphatic carbocycles. The summed E-state index contributed by atoms with van der Waals surface area (Å²) in [5.74, 6) is 0.266. The molecule has 0 spiro atoms. The van der Waals surface area contributed by atoms with E-state index in [1.54, 1.807) is 18.3 Å². The third-order valence-electron chi connectivity index (χ3n) is 2.89. The smallest absolute Gasteiger partial charge is 0.115 e. The van der Waals surface area contributed by atoms with Gasteiger partial charge in [-0.15, -0.1) is 0 Å². The minimum Gasteiger partial charge on any atom is -0.508 e. The molecule has 3 nitrogen and oxygen atoms in total. The van der Waals surface area contributed by atoms with Gasteiger partial charge in [0.15, 0.2) is 0 Å². The summed E-state index contributed by atoms with van der Waals surface area (Å²) in [6.45, 7) is 0. The van der Waals surface area contributed by atoms with Crippen LogP contribution in [0.5, 0.6) is 5.75 Å². The molecule has 2 heterocycles. The van der Waals surface area contributed by atoms with E-state index in [1.165, 1.54) is 0 Å². The van der Waals surface area contributed by atoms with Crippen LogP contribution in [0.25, 0.3) is 22.5 Å². The van der Waals surface area contributed by atoms with Crippen LogP contribution in [0, 0.1) is 0 Å². The number of aromatic hydroxyl groups is 1. The normalized spacial score (nSPS) is 10.3. The second kappa shape index (κ2) is 4.90. The molecule has 0 saturated carbocycles. The van der Waals surface area contributed by atoms with E-state index >= 15 is 0 Å². The summed E-state index contributed by atoms with van der Waals surface area (Å²) in [6.07, 6.45) is 3.57. The Balaban J connectivity index is 1.93. The first-order chi connectivity index (χ1) is 9.33. The van der Waals surface area contributed by atoms with Crippen LogP contribution in [-0.2, 0) is 0 Å². The van der Waals surface area contributed by atoms with Gasteiger partial charge in [-0.25, -0.2) is 0 Å². The average Bonchev–Trinajstić information content (AvgIpc) is 2.49. The Kier molecular flexibility index (Phi) is 2.94. The molecule has 0 aliphatic heterocycles. The molecule has 3 aromatic rings. The van der Waals surface area contributed by atoms with Crippen LogP contribution in [0.4, 0.5) is 0 Å². The fourth-order valence-corrected chi connectivity index (χ4v) is 1.88. The van der Waals surface area contributed by atoms with Crippen molar-refractivity contribution < 1.29 is 5.11 Å². The van der Waals surface area contributed by atoms with Gasteiger partial charge in [0, 0.05) is 18.0 Å². The van der Waals surface area contributed by atoms with Crippen LogP contribution in [-0.4, -0.2) is 15.1 Å². The summed E-state index contributed by atoms with van der Waals surface area (Å²) >= 11 is 0. The molecular weight excluding hydrogens is 236 g/mol. The maximum absolute atomic E-state index is 9.27. The van der Waals surface area contributed by atoms with Crippen molar-refractivity contribution in [1.82, 2.24) is 9.97 Å². The molecule has 0 atom stereocenters. The predicted octanol–water partition coefficient (Wildman–Crippen LogP) is 3.52. The Morgan fingerprint density at radius 3 is 2.05 bits per heavy atom. The standard InChI is InChI=1S/C16H12N2O/c19-14-7-4-12(5-8-14)13-6-9-16(18-11-13)15-3-1-2-10-17-15/h1-11,19H. The number of aromatic nitrogens is 2. The number of benzene rings is 1. The van der Waals surface area contributed by atoms with Gasteiger partial charge in [0.1, 0.15) is 5.75 Å². The minimum atomic E-state index is 0.266. The van der Waals surface area contributed by atoms with Crippen molar-refractivity contribution in [1.29, 1.82) is 0 Å². The number of phenolic OH excluding ortho intramolecular Hbond substituents is 1. The fourth-order valence-electron chi connectivity index (χ4n) is 1.88. The molecule has 0 radical (unpaired) electrons. The topological polar surface area (TPSA) is 46.0 Å². The zero-order valence-electron chi connectivity index (χ0n) is 10.2. The van der Waals surface area contributed by atoms with Crippen LogP contribution in [0.3, 0.4) is 0 Å². The lowest BCUT2D eigenvalue weighted by Gasteiger charge is -2.03. The Morgan fingerprint density at radius 2 is 1.42 bits per heavy atom. The molecule has 0 fully saturated rings. The highest BCUT2D eigenvalue weighted by Gasteiger charge is 2.02. The number of pyridine rings is 2. The van der Waals surface area contributed by atoms with E-state index in [0.29, 0.717) is 0 Å². The Morgan fingerprint density at radius 1 is 0.684 bits per heavy atom.